The van der Waals surface area contributed by atoms with Crippen molar-refractivity contribution in [2.75, 3.05) is 11.9 Å². The number of benzene rings is 3. The summed E-state index contributed by atoms with van der Waals surface area (Å²) in [5, 5.41) is 14.1. The highest BCUT2D eigenvalue weighted by atomic mass is 16.2. The molecule has 3 aromatic carbocycles. The molecule has 0 saturated heterocycles. The van der Waals surface area contributed by atoms with E-state index in [0.717, 1.165) is 27.6 Å². The number of amides is 1. The second-order valence-electron chi connectivity index (χ2n) is 5.53. The van der Waals surface area contributed by atoms with Gasteiger partial charge in [0.05, 0.1) is 6.42 Å². The van der Waals surface area contributed by atoms with Crippen molar-refractivity contribution in [2.45, 2.75) is 12.8 Å². The Bertz CT molecular complexity index is 804. The zero-order valence-corrected chi connectivity index (χ0v) is 12.8. The van der Waals surface area contributed by atoms with Gasteiger partial charge in [0.25, 0.3) is 0 Å². The Morgan fingerprint density at radius 2 is 1.65 bits per heavy atom. The van der Waals surface area contributed by atoms with Gasteiger partial charge in [0.15, 0.2) is 0 Å². The molecule has 0 fully saturated rings. The van der Waals surface area contributed by atoms with E-state index in [1.165, 1.54) is 0 Å². The molecule has 0 atom stereocenters. The second-order valence-corrected chi connectivity index (χ2v) is 5.53. The van der Waals surface area contributed by atoms with Gasteiger partial charge in [-0.25, -0.2) is 0 Å². The maximum absolute atomic E-state index is 12.3. The summed E-state index contributed by atoms with van der Waals surface area (Å²) in [6.07, 6.45) is 0.976. The van der Waals surface area contributed by atoms with Gasteiger partial charge in [-0.1, -0.05) is 54.6 Å². The third-order valence-corrected chi connectivity index (χ3v) is 3.87. The lowest BCUT2D eigenvalue weighted by Crippen LogP contribution is -2.14. The molecule has 0 saturated carbocycles. The highest BCUT2D eigenvalue weighted by Crippen LogP contribution is 2.19. The van der Waals surface area contributed by atoms with Crippen LogP contribution in [0.5, 0.6) is 0 Å². The second kappa shape index (κ2) is 7.07. The number of nitrogens with one attached hydrogen (secondary N) is 1. The van der Waals surface area contributed by atoms with E-state index < -0.39 is 0 Å². The van der Waals surface area contributed by atoms with Crippen molar-refractivity contribution in [3.05, 3.63) is 77.9 Å². The Kier molecular flexibility index (Phi) is 4.69. The molecule has 0 bridgehead atoms. The summed E-state index contributed by atoms with van der Waals surface area (Å²) < 4.78 is 0. The zero-order valence-electron chi connectivity index (χ0n) is 12.8. The first-order valence-electron chi connectivity index (χ1n) is 7.72. The van der Waals surface area contributed by atoms with Gasteiger partial charge in [0.2, 0.25) is 5.91 Å². The van der Waals surface area contributed by atoms with Gasteiger partial charge in [-0.2, -0.15) is 0 Å². The van der Waals surface area contributed by atoms with E-state index in [2.05, 4.69) is 17.4 Å². The van der Waals surface area contributed by atoms with Gasteiger partial charge in [-0.15, -0.1) is 0 Å². The number of anilines is 1. The number of aliphatic hydroxyl groups excluding tert-OH is 1. The standard InChI is InChI=1S/C20H19NO2/c22-13-12-15-8-10-18(11-9-15)21-20(23)14-17-6-3-5-16-4-1-2-7-19(16)17/h1-11,22H,12-14H2,(H,21,23). The summed E-state index contributed by atoms with van der Waals surface area (Å²) in [6.45, 7) is 0.132. The molecule has 116 valence electrons. The first-order valence-corrected chi connectivity index (χ1v) is 7.72. The molecule has 3 aromatic rings. The molecule has 0 spiro atoms. The third kappa shape index (κ3) is 3.76. The maximum atomic E-state index is 12.3. The summed E-state index contributed by atoms with van der Waals surface area (Å²) >= 11 is 0. The van der Waals surface area contributed by atoms with Gasteiger partial charge >= 0.3 is 0 Å². The topological polar surface area (TPSA) is 49.3 Å². The quantitative estimate of drug-likeness (QED) is 0.757. The zero-order chi connectivity index (χ0) is 16.1. The molecule has 0 aliphatic heterocycles. The average molecular weight is 305 g/mol. The van der Waals surface area contributed by atoms with Crippen LogP contribution in [0.15, 0.2) is 66.7 Å². The van der Waals surface area contributed by atoms with Crippen LogP contribution < -0.4 is 5.32 Å². The minimum atomic E-state index is -0.0312. The van der Waals surface area contributed by atoms with Crippen LogP contribution in [0.4, 0.5) is 5.69 Å². The average Bonchev–Trinajstić information content (AvgIpc) is 2.57. The van der Waals surface area contributed by atoms with Crippen LogP contribution in [0.3, 0.4) is 0 Å². The molecule has 0 aromatic heterocycles. The normalized spacial score (nSPS) is 10.7. The Balaban J connectivity index is 1.71. The van der Waals surface area contributed by atoms with Crippen molar-refractivity contribution in [3.63, 3.8) is 0 Å². The van der Waals surface area contributed by atoms with Crippen molar-refractivity contribution in [1.82, 2.24) is 0 Å². The lowest BCUT2D eigenvalue weighted by atomic mass is 10.0. The van der Waals surface area contributed by atoms with Crippen LogP contribution in [0.25, 0.3) is 10.8 Å². The molecule has 0 aliphatic carbocycles. The van der Waals surface area contributed by atoms with Crippen LogP contribution >= 0.6 is 0 Å². The van der Waals surface area contributed by atoms with E-state index in [0.29, 0.717) is 12.8 Å². The van der Waals surface area contributed by atoms with E-state index in [9.17, 15) is 4.79 Å². The molecule has 0 heterocycles. The van der Waals surface area contributed by atoms with Crippen LogP contribution in [-0.2, 0) is 17.6 Å². The Morgan fingerprint density at radius 1 is 0.913 bits per heavy atom. The molecule has 3 rings (SSSR count). The highest BCUT2D eigenvalue weighted by molar-refractivity contribution is 5.96. The van der Waals surface area contributed by atoms with Crippen LogP contribution in [-0.4, -0.2) is 17.6 Å². The van der Waals surface area contributed by atoms with E-state index in [1.807, 2.05) is 54.6 Å². The Labute approximate surface area is 135 Å². The lowest BCUT2D eigenvalue weighted by Gasteiger charge is -2.08. The van der Waals surface area contributed by atoms with E-state index >= 15 is 0 Å². The van der Waals surface area contributed by atoms with E-state index in [4.69, 9.17) is 5.11 Å². The van der Waals surface area contributed by atoms with Gasteiger partial charge < -0.3 is 10.4 Å². The molecule has 23 heavy (non-hydrogen) atoms. The fourth-order valence-electron chi connectivity index (χ4n) is 2.71. The van der Waals surface area contributed by atoms with Crippen molar-refractivity contribution >= 4 is 22.4 Å². The van der Waals surface area contributed by atoms with Gasteiger partial charge in [-0.3, -0.25) is 4.79 Å². The van der Waals surface area contributed by atoms with Crippen molar-refractivity contribution in [3.8, 4) is 0 Å². The molecule has 0 unspecified atom stereocenters. The molecular weight excluding hydrogens is 286 g/mol. The number of hydrogen-bond donors (Lipinski definition) is 2. The summed E-state index contributed by atoms with van der Waals surface area (Å²) in [4.78, 5) is 12.3. The number of hydrogen-bond acceptors (Lipinski definition) is 2. The van der Waals surface area contributed by atoms with E-state index in [1.54, 1.807) is 0 Å². The fraction of sp³-hybridized carbons (Fsp3) is 0.150. The molecular formula is C20H19NO2. The first-order chi connectivity index (χ1) is 11.3. The molecule has 3 nitrogen and oxygen atoms in total. The summed E-state index contributed by atoms with van der Waals surface area (Å²) in [7, 11) is 0. The molecule has 1 amide bonds. The number of fused-ring (bicyclic) bond motifs is 1. The maximum Gasteiger partial charge on any atom is 0.228 e. The molecule has 0 aliphatic rings. The lowest BCUT2D eigenvalue weighted by molar-refractivity contribution is -0.115. The van der Waals surface area contributed by atoms with Crippen molar-refractivity contribution in [1.29, 1.82) is 0 Å². The minimum Gasteiger partial charge on any atom is -0.396 e. The first kappa shape index (κ1) is 15.3. The predicted octanol–water partition coefficient (Wildman–Crippen LogP) is 3.56. The van der Waals surface area contributed by atoms with Crippen molar-refractivity contribution < 1.29 is 9.90 Å². The molecule has 2 N–H and O–H groups in total. The summed E-state index contributed by atoms with van der Waals surface area (Å²) in [5.74, 6) is -0.0312. The number of rotatable bonds is 5. The van der Waals surface area contributed by atoms with Gasteiger partial charge in [0, 0.05) is 12.3 Å². The van der Waals surface area contributed by atoms with E-state index in [-0.39, 0.29) is 12.5 Å². The van der Waals surface area contributed by atoms with Crippen LogP contribution in [0.1, 0.15) is 11.1 Å². The van der Waals surface area contributed by atoms with Crippen LogP contribution in [0, 0.1) is 0 Å². The van der Waals surface area contributed by atoms with Gasteiger partial charge in [-0.05, 0) is 40.5 Å². The van der Waals surface area contributed by atoms with Gasteiger partial charge in [0.1, 0.15) is 0 Å². The van der Waals surface area contributed by atoms with Crippen molar-refractivity contribution in [2.24, 2.45) is 0 Å². The Morgan fingerprint density at radius 3 is 2.43 bits per heavy atom. The number of carbonyl (C=O) groups excluding carboxylic acids is 1. The van der Waals surface area contributed by atoms with Crippen LogP contribution in [0.2, 0.25) is 0 Å². The predicted molar refractivity (Wildman–Crippen MR) is 93.5 cm³/mol. The number of aliphatic hydroxyl groups is 1. The molecule has 0 radical (unpaired) electrons. The molecule has 3 heteroatoms. The SMILES string of the molecule is O=C(Cc1cccc2ccccc12)Nc1ccc(CCO)cc1. The summed E-state index contributed by atoms with van der Waals surface area (Å²) in [5.41, 5.74) is 2.86. The third-order valence-electron chi connectivity index (χ3n) is 3.87. The fourth-order valence-corrected chi connectivity index (χ4v) is 2.71. The largest absolute Gasteiger partial charge is 0.396 e. The summed E-state index contributed by atoms with van der Waals surface area (Å²) in [6, 6.07) is 21.7. The smallest absolute Gasteiger partial charge is 0.228 e. The Hall–Kier alpha value is -2.65. The minimum absolute atomic E-state index is 0.0312. The monoisotopic (exact) mass is 305 g/mol. The highest BCUT2D eigenvalue weighted by Gasteiger charge is 2.07. The number of carbonyl (C=O) groups is 1.